The van der Waals surface area contributed by atoms with Crippen LogP contribution in [-0.4, -0.2) is 33.0 Å². The molecule has 6 heteroatoms. The maximum absolute atomic E-state index is 11.4. The van der Waals surface area contributed by atoms with Crippen LogP contribution in [-0.2, 0) is 24.6 Å². The van der Waals surface area contributed by atoms with Crippen LogP contribution in [0.4, 0.5) is 0 Å². The molecule has 0 saturated carbocycles. The second-order valence-corrected chi connectivity index (χ2v) is 3.38. The molecule has 0 aliphatic heterocycles. The average molecular weight is 291 g/mol. The van der Waals surface area contributed by atoms with Crippen LogP contribution in [0.15, 0.2) is 30.6 Å². The molecule has 1 heterocycles. The van der Waals surface area contributed by atoms with Gasteiger partial charge in [-0.2, -0.15) is 0 Å². The summed E-state index contributed by atoms with van der Waals surface area (Å²) in [5, 5.41) is 0. The van der Waals surface area contributed by atoms with Crippen molar-refractivity contribution < 1.29 is 30.0 Å². The molecule has 0 aromatic carbocycles. The van der Waals surface area contributed by atoms with E-state index in [0.717, 1.165) is 0 Å². The third-order valence-electron chi connectivity index (χ3n) is 1.80. The number of aromatic nitrogens is 2. The Balaban J connectivity index is 0.00000289. The van der Waals surface area contributed by atoms with E-state index in [4.69, 9.17) is 0 Å². The molecule has 0 saturated heterocycles. The number of nitrogens with zero attached hydrogens (tertiary/aromatic N) is 2. The molecule has 1 N–H and O–H groups in total. The number of esters is 1. The van der Waals surface area contributed by atoms with E-state index in [2.05, 4.69) is 35.8 Å². The number of ether oxygens (including phenoxy) is 1. The number of carbonyl (C=O) groups is 1. The van der Waals surface area contributed by atoms with E-state index in [1.807, 2.05) is 0 Å². The molecule has 5 nitrogen and oxygen atoms in total. The quantitative estimate of drug-likeness (QED) is 0.357. The van der Waals surface area contributed by atoms with Gasteiger partial charge in [0.1, 0.15) is 0 Å². The number of methoxy groups -OCH3 is 1. The van der Waals surface area contributed by atoms with E-state index in [1.54, 1.807) is 37.5 Å². The molecule has 100 valence electrons. The van der Waals surface area contributed by atoms with Gasteiger partial charge in [-0.3, -0.25) is 0 Å². The molecule has 0 bridgehead atoms. The summed E-state index contributed by atoms with van der Waals surface area (Å²) in [7, 11) is 1.28. The third-order valence-corrected chi connectivity index (χ3v) is 2.26. The molecule has 0 unspecified atom stereocenters. The molecule has 1 aromatic heterocycles. The maximum Gasteiger partial charge on any atom is -0.870 e. The molecule has 0 aliphatic carbocycles. The first-order valence-electron chi connectivity index (χ1n) is 4.77. The van der Waals surface area contributed by atoms with E-state index in [9.17, 15) is 4.79 Å². The average Bonchev–Trinajstić information content (AvgIpc) is 2.39. The van der Waals surface area contributed by atoms with Crippen molar-refractivity contribution in [3.63, 3.8) is 0 Å². The van der Waals surface area contributed by atoms with Crippen LogP contribution in [0.2, 0.25) is 0 Å². The van der Waals surface area contributed by atoms with Crippen LogP contribution in [0.5, 0.6) is 0 Å². The van der Waals surface area contributed by atoms with Crippen LogP contribution >= 0.6 is 0 Å². The van der Waals surface area contributed by atoms with Crippen molar-refractivity contribution in [2.24, 2.45) is 0 Å². The smallest absolute Gasteiger partial charge is 0.870 e. The molecule has 0 fully saturated rings. The normalized spacial score (nSPS) is 11.0. The van der Waals surface area contributed by atoms with Crippen molar-refractivity contribution in [3.05, 3.63) is 42.5 Å². The Labute approximate surface area is 113 Å². The van der Waals surface area contributed by atoms with Crippen LogP contribution in [0.1, 0.15) is 12.7 Å². The van der Waals surface area contributed by atoms with Crippen molar-refractivity contribution in [2.45, 2.75) is 6.92 Å². The number of hydrogen-bond acceptors (Lipinski definition) is 5. The Kier molecular flexibility index (Phi) is 7.67. The molecule has 1 rings (SSSR count). The molecule has 1 aromatic rings. The van der Waals surface area contributed by atoms with Gasteiger partial charge in [-0.1, -0.05) is 0 Å². The molecule has 18 heavy (non-hydrogen) atoms. The molecule has 0 aliphatic rings. The van der Waals surface area contributed by atoms with Crippen LogP contribution in [0.3, 0.4) is 0 Å². The summed E-state index contributed by atoms with van der Waals surface area (Å²) in [6.45, 7) is 1.74. The Hall–Kier alpha value is -1.65. The van der Waals surface area contributed by atoms with Gasteiger partial charge in [0.2, 0.25) is 0 Å². The van der Waals surface area contributed by atoms with E-state index >= 15 is 0 Å². The van der Waals surface area contributed by atoms with Crippen LogP contribution in [0.25, 0.3) is 5.57 Å². The van der Waals surface area contributed by atoms with Crippen LogP contribution < -0.4 is 0 Å². The monoisotopic (exact) mass is 290 g/mol. The molecule has 0 spiro atoms. The van der Waals surface area contributed by atoms with Gasteiger partial charge in [-0.25, -0.2) is 0 Å². The fourth-order valence-corrected chi connectivity index (χ4v) is 1.33. The fraction of sp³-hybridized carbons (Fsp3) is 0.167. The number of allylic oxidation sites excluding steroid dienone is 3. The first-order chi connectivity index (χ1) is 8.20. The fourth-order valence-electron chi connectivity index (χ4n) is 1.03. The number of rotatable bonds is 4. The predicted molar refractivity (Wildman–Crippen MR) is 62.5 cm³/mol. The summed E-state index contributed by atoms with van der Waals surface area (Å²) in [6, 6.07) is 1.69. The zero-order chi connectivity index (χ0) is 12.7. The SMILES string of the molecule is C[C-]=C/C=C(\[C](=[Ni])C(=O)OC)c1ncccn1.[OH-]. The van der Waals surface area contributed by atoms with Gasteiger partial charge < -0.3 is 5.48 Å². The standard InChI is InChI=1S/C12H11N2O2.Ni.H2O/c1-3-4-6-10(9-11(15)16-2)12-13-7-5-8-14-12;;/h4-8H,1-2H3;;1H2/q-1;;/p-1/b10-6+;;. The summed E-state index contributed by atoms with van der Waals surface area (Å²) < 4.78 is 4.68. The van der Waals surface area contributed by atoms with Crippen molar-refractivity contribution in [1.82, 2.24) is 9.97 Å². The Morgan fingerprint density at radius 3 is 2.56 bits per heavy atom. The topological polar surface area (TPSA) is 82.1 Å². The number of hydrogen-bond donors (Lipinski definition) is 0. The van der Waals surface area contributed by atoms with Gasteiger partial charge in [-0.15, -0.1) is 0 Å². The van der Waals surface area contributed by atoms with Gasteiger partial charge in [0.25, 0.3) is 0 Å². The molecular weight excluding hydrogens is 279 g/mol. The van der Waals surface area contributed by atoms with Gasteiger partial charge in [0, 0.05) is 0 Å². The Bertz CT molecular complexity index is 469. The van der Waals surface area contributed by atoms with Gasteiger partial charge >= 0.3 is 107 Å². The third kappa shape index (κ3) is 4.32. The number of carbonyl (C=O) groups excluding carboxylic acids is 1. The minimum Gasteiger partial charge on any atom is -0.870 e. The van der Waals surface area contributed by atoms with Crippen molar-refractivity contribution in [3.8, 4) is 0 Å². The van der Waals surface area contributed by atoms with Crippen molar-refractivity contribution >= 4 is 16.0 Å². The summed E-state index contributed by atoms with van der Waals surface area (Å²) >= 11 is 4.69. The minimum atomic E-state index is -0.562. The van der Waals surface area contributed by atoms with E-state index in [-0.39, 0.29) is 9.97 Å². The summed E-state index contributed by atoms with van der Waals surface area (Å²) in [5.41, 5.74) is 0.465. The predicted octanol–water partition coefficient (Wildman–Crippen LogP) is 0.955. The van der Waals surface area contributed by atoms with Gasteiger partial charge in [0.05, 0.1) is 0 Å². The largest absolute Gasteiger partial charge is 0.870 e. The Morgan fingerprint density at radius 2 is 2.06 bits per heavy atom. The van der Waals surface area contributed by atoms with E-state index in [0.29, 0.717) is 11.4 Å². The molecular formula is C12H12N2NiO3-2. The maximum atomic E-state index is 11.4. The van der Waals surface area contributed by atoms with E-state index in [1.165, 1.54) is 7.11 Å². The molecule has 0 amide bonds. The molecule has 0 atom stereocenters. The Morgan fingerprint density at radius 1 is 1.44 bits per heavy atom. The van der Waals surface area contributed by atoms with Crippen molar-refractivity contribution in [1.29, 1.82) is 0 Å². The first-order valence-corrected chi connectivity index (χ1v) is 5.26. The van der Waals surface area contributed by atoms with Gasteiger partial charge in [-0.05, 0) is 0 Å². The second-order valence-electron chi connectivity index (χ2n) is 2.88. The second kappa shape index (κ2) is 8.45. The van der Waals surface area contributed by atoms with Crippen LogP contribution in [0, 0.1) is 6.08 Å². The minimum absolute atomic E-state index is 0. The van der Waals surface area contributed by atoms with Crippen molar-refractivity contribution in [2.75, 3.05) is 7.11 Å². The summed E-state index contributed by atoms with van der Waals surface area (Å²) in [4.78, 5) is 19.5. The zero-order valence-corrected chi connectivity index (χ0v) is 10.8. The van der Waals surface area contributed by atoms with Gasteiger partial charge in [0.15, 0.2) is 0 Å². The van der Waals surface area contributed by atoms with E-state index < -0.39 is 5.97 Å². The zero-order valence-electron chi connectivity index (χ0n) is 9.86. The molecule has 0 radical (unpaired) electrons. The summed E-state index contributed by atoms with van der Waals surface area (Å²) in [5.74, 6) is -0.168. The summed E-state index contributed by atoms with van der Waals surface area (Å²) in [6.07, 6.45) is 9.27. The first kappa shape index (κ1) is 16.4.